The number of nitrogens with zero attached hydrogens (tertiary/aromatic N) is 2. The summed E-state index contributed by atoms with van der Waals surface area (Å²) < 4.78 is 0. The molecule has 134 valence electrons. The number of carbonyl (C=O) groups is 1. The number of likely N-dealkylation sites (tertiary alicyclic amines) is 1. The van der Waals surface area contributed by atoms with Crippen molar-refractivity contribution in [3.63, 3.8) is 0 Å². The van der Waals surface area contributed by atoms with E-state index < -0.39 is 0 Å². The van der Waals surface area contributed by atoms with Crippen molar-refractivity contribution in [2.75, 3.05) is 13.1 Å². The molecule has 6 nitrogen and oxygen atoms in total. The molecule has 4 rings (SSSR count). The van der Waals surface area contributed by atoms with Crippen molar-refractivity contribution in [3.05, 3.63) is 30.0 Å². The predicted octanol–water partition coefficient (Wildman–Crippen LogP) is 2.06. The van der Waals surface area contributed by atoms with Gasteiger partial charge in [-0.05, 0) is 31.7 Å². The summed E-state index contributed by atoms with van der Waals surface area (Å²) in [5, 5.41) is 21.3. The molecule has 1 saturated heterocycles. The van der Waals surface area contributed by atoms with Gasteiger partial charge in [-0.3, -0.25) is 14.8 Å². The van der Waals surface area contributed by atoms with Crippen LogP contribution < -0.4 is 5.32 Å². The summed E-state index contributed by atoms with van der Waals surface area (Å²) in [5.74, 6) is -0.0361. The molecule has 2 atom stereocenters. The van der Waals surface area contributed by atoms with E-state index in [2.05, 4.69) is 20.4 Å². The lowest BCUT2D eigenvalue weighted by atomic mass is 9.89. The third kappa shape index (κ3) is 3.41. The van der Waals surface area contributed by atoms with Gasteiger partial charge in [0.1, 0.15) is 0 Å². The van der Waals surface area contributed by atoms with Gasteiger partial charge in [0.15, 0.2) is 0 Å². The fourth-order valence-corrected chi connectivity index (χ4v) is 4.31. The van der Waals surface area contributed by atoms with Crippen molar-refractivity contribution in [1.82, 2.24) is 20.4 Å². The van der Waals surface area contributed by atoms with Gasteiger partial charge in [-0.25, -0.2) is 0 Å². The molecular formula is C19H26N4O2. The lowest BCUT2D eigenvalue weighted by molar-refractivity contribution is 0.00728. The topological polar surface area (TPSA) is 81.2 Å². The van der Waals surface area contributed by atoms with E-state index >= 15 is 0 Å². The van der Waals surface area contributed by atoms with Gasteiger partial charge in [0, 0.05) is 30.6 Å². The van der Waals surface area contributed by atoms with E-state index in [-0.39, 0.29) is 18.1 Å². The number of piperidine rings is 1. The molecular weight excluding hydrogens is 316 g/mol. The summed E-state index contributed by atoms with van der Waals surface area (Å²) >= 11 is 0. The number of hydrogen-bond acceptors (Lipinski definition) is 4. The van der Waals surface area contributed by atoms with Gasteiger partial charge in [-0.15, -0.1) is 0 Å². The molecule has 1 aliphatic carbocycles. The molecule has 25 heavy (non-hydrogen) atoms. The van der Waals surface area contributed by atoms with Crippen molar-refractivity contribution in [2.45, 2.75) is 56.7 Å². The number of rotatable bonds is 3. The Bertz CT molecular complexity index is 736. The summed E-state index contributed by atoms with van der Waals surface area (Å²) in [4.78, 5) is 15.1. The van der Waals surface area contributed by atoms with E-state index in [9.17, 15) is 9.90 Å². The maximum atomic E-state index is 12.6. The number of hydrogen-bond donors (Lipinski definition) is 3. The van der Waals surface area contributed by atoms with Crippen LogP contribution >= 0.6 is 0 Å². The maximum Gasteiger partial charge on any atom is 0.253 e. The largest absolute Gasteiger partial charge is 0.391 e. The minimum absolute atomic E-state index is 0.0361. The average molecular weight is 342 g/mol. The number of aliphatic hydroxyl groups is 1. The van der Waals surface area contributed by atoms with Gasteiger partial charge in [-0.2, -0.15) is 5.10 Å². The summed E-state index contributed by atoms with van der Waals surface area (Å²) in [6.45, 7) is 1.89. The Morgan fingerprint density at radius 2 is 2.00 bits per heavy atom. The SMILES string of the molecule is O=C(NC1CCN(C2CCCCC2O)CC1)c1cccc2cn[nH]c12. The van der Waals surface area contributed by atoms with Crippen LogP contribution in [0, 0.1) is 0 Å². The Labute approximate surface area is 147 Å². The number of nitrogens with one attached hydrogen (secondary N) is 2. The number of aromatic nitrogens is 2. The summed E-state index contributed by atoms with van der Waals surface area (Å²) in [7, 11) is 0. The Hall–Kier alpha value is -1.92. The molecule has 6 heteroatoms. The monoisotopic (exact) mass is 342 g/mol. The van der Waals surface area contributed by atoms with Crippen LogP contribution in [-0.2, 0) is 0 Å². The first-order valence-corrected chi connectivity index (χ1v) is 9.37. The first-order valence-electron chi connectivity index (χ1n) is 9.37. The van der Waals surface area contributed by atoms with Gasteiger partial charge < -0.3 is 10.4 Å². The first-order chi connectivity index (χ1) is 12.2. The molecule has 3 N–H and O–H groups in total. The van der Waals surface area contributed by atoms with Crippen LogP contribution in [0.1, 0.15) is 48.9 Å². The third-order valence-electron chi connectivity index (χ3n) is 5.75. The molecule has 2 heterocycles. The van der Waals surface area contributed by atoms with Gasteiger partial charge >= 0.3 is 0 Å². The zero-order chi connectivity index (χ0) is 17.2. The van der Waals surface area contributed by atoms with Crippen LogP contribution in [0.3, 0.4) is 0 Å². The van der Waals surface area contributed by atoms with Crippen molar-refractivity contribution in [2.24, 2.45) is 0 Å². The van der Waals surface area contributed by atoms with E-state index in [4.69, 9.17) is 0 Å². The second kappa shape index (κ2) is 7.14. The number of para-hydroxylation sites is 1. The molecule has 0 spiro atoms. The highest BCUT2D eigenvalue weighted by molar-refractivity contribution is 6.05. The third-order valence-corrected chi connectivity index (χ3v) is 5.75. The summed E-state index contributed by atoms with van der Waals surface area (Å²) in [6, 6.07) is 6.18. The van der Waals surface area contributed by atoms with E-state index in [0.717, 1.165) is 56.1 Å². The van der Waals surface area contributed by atoms with Crippen molar-refractivity contribution in [1.29, 1.82) is 0 Å². The van der Waals surface area contributed by atoms with Gasteiger partial charge in [0.05, 0.1) is 23.4 Å². The standard InChI is InChI=1S/C19H26N4O2/c24-17-7-2-1-6-16(17)23-10-8-14(9-11-23)21-19(25)15-5-3-4-13-12-20-22-18(13)15/h3-5,12,14,16-17,24H,1-2,6-11H2,(H,20,22)(H,21,25). The molecule has 1 aromatic carbocycles. The van der Waals surface area contributed by atoms with E-state index in [0.29, 0.717) is 11.6 Å². The highest BCUT2D eigenvalue weighted by atomic mass is 16.3. The Balaban J connectivity index is 1.35. The lowest BCUT2D eigenvalue weighted by Gasteiger charge is -2.41. The molecule has 2 aromatic rings. The number of H-pyrrole nitrogens is 1. The molecule has 0 bridgehead atoms. The highest BCUT2D eigenvalue weighted by Crippen LogP contribution is 2.26. The zero-order valence-corrected chi connectivity index (χ0v) is 14.4. The van der Waals surface area contributed by atoms with Gasteiger partial charge in [0.2, 0.25) is 0 Å². The average Bonchev–Trinajstić information content (AvgIpc) is 3.11. The Morgan fingerprint density at radius 3 is 2.80 bits per heavy atom. The zero-order valence-electron chi connectivity index (χ0n) is 14.4. The number of carbonyl (C=O) groups excluding carboxylic acids is 1. The van der Waals surface area contributed by atoms with E-state index in [1.807, 2.05) is 18.2 Å². The van der Waals surface area contributed by atoms with Crippen LogP contribution in [0.5, 0.6) is 0 Å². The molecule has 0 radical (unpaired) electrons. The smallest absolute Gasteiger partial charge is 0.253 e. The predicted molar refractivity (Wildman–Crippen MR) is 96.4 cm³/mol. The van der Waals surface area contributed by atoms with Crippen LogP contribution in [0.25, 0.3) is 10.9 Å². The number of benzene rings is 1. The number of amides is 1. The minimum Gasteiger partial charge on any atom is -0.391 e. The fraction of sp³-hybridized carbons (Fsp3) is 0.579. The molecule has 1 saturated carbocycles. The molecule has 2 fully saturated rings. The molecule has 1 aliphatic heterocycles. The Morgan fingerprint density at radius 1 is 1.20 bits per heavy atom. The van der Waals surface area contributed by atoms with Crippen LogP contribution in [0.2, 0.25) is 0 Å². The van der Waals surface area contributed by atoms with Crippen LogP contribution in [0.15, 0.2) is 24.4 Å². The van der Waals surface area contributed by atoms with Crippen molar-refractivity contribution >= 4 is 16.8 Å². The normalized spacial score (nSPS) is 26.0. The maximum absolute atomic E-state index is 12.6. The second-order valence-electron chi connectivity index (χ2n) is 7.34. The second-order valence-corrected chi connectivity index (χ2v) is 7.34. The summed E-state index contributed by atoms with van der Waals surface area (Å²) in [6.07, 6.45) is 7.81. The molecule has 2 unspecified atom stereocenters. The fourth-order valence-electron chi connectivity index (χ4n) is 4.31. The van der Waals surface area contributed by atoms with Crippen LogP contribution in [-0.4, -0.2) is 57.4 Å². The minimum atomic E-state index is -0.183. The van der Waals surface area contributed by atoms with Gasteiger partial charge in [0.25, 0.3) is 5.91 Å². The first kappa shape index (κ1) is 16.5. The number of aromatic amines is 1. The quantitative estimate of drug-likeness (QED) is 0.797. The summed E-state index contributed by atoms with van der Waals surface area (Å²) in [5.41, 5.74) is 1.45. The van der Waals surface area contributed by atoms with Crippen LogP contribution in [0.4, 0.5) is 0 Å². The van der Waals surface area contributed by atoms with E-state index in [1.165, 1.54) is 6.42 Å². The molecule has 1 aromatic heterocycles. The van der Waals surface area contributed by atoms with Crippen molar-refractivity contribution < 1.29 is 9.90 Å². The molecule has 1 amide bonds. The number of fused-ring (bicyclic) bond motifs is 1. The van der Waals surface area contributed by atoms with Gasteiger partial charge in [-0.1, -0.05) is 25.0 Å². The Kier molecular flexibility index (Phi) is 4.72. The lowest BCUT2D eigenvalue weighted by Crippen LogP contribution is -2.52. The van der Waals surface area contributed by atoms with Crippen molar-refractivity contribution in [3.8, 4) is 0 Å². The number of aliphatic hydroxyl groups excluding tert-OH is 1. The molecule has 2 aliphatic rings. The highest BCUT2D eigenvalue weighted by Gasteiger charge is 2.31. The van der Waals surface area contributed by atoms with E-state index in [1.54, 1.807) is 6.20 Å².